The van der Waals surface area contributed by atoms with Crippen molar-refractivity contribution in [2.75, 3.05) is 45.9 Å². The van der Waals surface area contributed by atoms with E-state index < -0.39 is 0 Å². The summed E-state index contributed by atoms with van der Waals surface area (Å²) >= 11 is 0. The van der Waals surface area contributed by atoms with Gasteiger partial charge in [0, 0.05) is 32.7 Å². The molecule has 2 aliphatic rings. The van der Waals surface area contributed by atoms with Crippen LogP contribution in [0.4, 0.5) is 0 Å². The Bertz CT molecular complexity index is 286. The number of hydrogen-bond acceptors (Lipinski definition) is 4. The minimum absolute atomic E-state index is 0.108. The van der Waals surface area contributed by atoms with Gasteiger partial charge in [-0.25, -0.2) is 0 Å². The molecule has 2 fully saturated rings. The van der Waals surface area contributed by atoms with Crippen LogP contribution in [0.2, 0.25) is 0 Å². The average molecular weight is 270 g/mol. The van der Waals surface area contributed by atoms with Gasteiger partial charge in [0.05, 0.1) is 12.7 Å². The summed E-state index contributed by atoms with van der Waals surface area (Å²) in [6, 6.07) is 0. The first kappa shape index (κ1) is 14.8. The zero-order valence-corrected chi connectivity index (χ0v) is 11.9. The van der Waals surface area contributed by atoms with Gasteiger partial charge in [-0.2, -0.15) is 0 Å². The summed E-state index contributed by atoms with van der Waals surface area (Å²) < 4.78 is 5.44. The number of rotatable bonds is 7. The van der Waals surface area contributed by atoms with Gasteiger partial charge in [-0.15, -0.1) is 0 Å². The van der Waals surface area contributed by atoms with Crippen molar-refractivity contribution < 1.29 is 14.6 Å². The van der Waals surface area contributed by atoms with E-state index >= 15 is 0 Å². The smallest absolute Gasteiger partial charge is 0.248 e. The third-order valence-electron chi connectivity index (χ3n) is 3.94. The molecule has 0 unspecified atom stereocenters. The zero-order valence-electron chi connectivity index (χ0n) is 11.9. The van der Waals surface area contributed by atoms with E-state index in [4.69, 9.17) is 4.74 Å². The Morgan fingerprint density at radius 1 is 1.32 bits per heavy atom. The number of aliphatic hydroxyl groups is 1. The number of nitrogens with zero attached hydrogens (tertiary/aromatic N) is 2. The third-order valence-corrected chi connectivity index (χ3v) is 3.94. The van der Waals surface area contributed by atoms with Crippen LogP contribution < -0.4 is 0 Å². The molecule has 0 aromatic rings. The summed E-state index contributed by atoms with van der Waals surface area (Å²) in [5.74, 6) is 0.816. The van der Waals surface area contributed by atoms with Crippen LogP contribution in [-0.2, 0) is 9.53 Å². The molecule has 1 saturated carbocycles. The van der Waals surface area contributed by atoms with Crippen molar-refractivity contribution in [1.82, 2.24) is 9.80 Å². The maximum absolute atomic E-state index is 11.9. The molecule has 2 rings (SSSR count). The Hall–Kier alpha value is -0.650. The summed E-state index contributed by atoms with van der Waals surface area (Å²) in [7, 11) is 0. The first-order chi connectivity index (χ1) is 9.19. The molecule has 1 N–H and O–H groups in total. The molecule has 0 radical (unpaired) electrons. The normalized spacial score (nSPS) is 22.5. The van der Waals surface area contributed by atoms with E-state index in [-0.39, 0.29) is 18.6 Å². The van der Waals surface area contributed by atoms with Crippen molar-refractivity contribution in [3.63, 3.8) is 0 Å². The van der Waals surface area contributed by atoms with Gasteiger partial charge >= 0.3 is 0 Å². The molecule has 19 heavy (non-hydrogen) atoms. The first-order valence-corrected chi connectivity index (χ1v) is 7.45. The van der Waals surface area contributed by atoms with Crippen LogP contribution in [0.3, 0.4) is 0 Å². The number of carbonyl (C=O) groups is 1. The van der Waals surface area contributed by atoms with Crippen LogP contribution >= 0.6 is 0 Å². The van der Waals surface area contributed by atoms with Gasteiger partial charge in [-0.1, -0.05) is 6.92 Å². The van der Waals surface area contributed by atoms with Crippen molar-refractivity contribution in [3.05, 3.63) is 0 Å². The summed E-state index contributed by atoms with van der Waals surface area (Å²) in [4.78, 5) is 16.0. The lowest BCUT2D eigenvalue weighted by Crippen LogP contribution is -2.51. The number of amides is 1. The van der Waals surface area contributed by atoms with Crippen LogP contribution in [0.25, 0.3) is 0 Å². The van der Waals surface area contributed by atoms with Crippen molar-refractivity contribution >= 4 is 5.91 Å². The van der Waals surface area contributed by atoms with Gasteiger partial charge < -0.3 is 14.7 Å². The van der Waals surface area contributed by atoms with Crippen molar-refractivity contribution in [2.45, 2.75) is 32.3 Å². The minimum atomic E-state index is -0.246. The molecule has 0 aromatic heterocycles. The number of piperazine rings is 1. The van der Waals surface area contributed by atoms with E-state index in [1.54, 1.807) is 0 Å². The average Bonchev–Trinajstić information content (AvgIpc) is 3.23. The van der Waals surface area contributed by atoms with Crippen molar-refractivity contribution in [2.24, 2.45) is 5.92 Å². The van der Waals surface area contributed by atoms with Gasteiger partial charge in [0.2, 0.25) is 5.91 Å². The molecule has 0 aromatic carbocycles. The van der Waals surface area contributed by atoms with Crippen LogP contribution in [0.15, 0.2) is 0 Å². The number of β-amino-alcohol motifs (C(OH)–C–C–N with tert-alkyl or cyclic N) is 1. The summed E-state index contributed by atoms with van der Waals surface area (Å²) in [6.07, 6.45) is 3.05. The molecule has 5 heteroatoms. The quantitative estimate of drug-likeness (QED) is 0.724. The zero-order chi connectivity index (χ0) is 13.7. The maximum Gasteiger partial charge on any atom is 0.248 e. The van der Waals surface area contributed by atoms with Crippen LogP contribution in [-0.4, -0.2) is 72.9 Å². The lowest BCUT2D eigenvalue weighted by atomic mass is 10.2. The second-order valence-corrected chi connectivity index (χ2v) is 5.70. The van der Waals surface area contributed by atoms with Crippen LogP contribution in [0.5, 0.6) is 0 Å². The number of ether oxygens (including phenoxy) is 1. The van der Waals surface area contributed by atoms with E-state index in [9.17, 15) is 9.90 Å². The molecular weight excluding hydrogens is 244 g/mol. The Labute approximate surface area is 115 Å². The topological polar surface area (TPSA) is 53.0 Å². The van der Waals surface area contributed by atoms with Crippen LogP contribution in [0.1, 0.15) is 26.2 Å². The second-order valence-electron chi connectivity index (χ2n) is 5.70. The van der Waals surface area contributed by atoms with Gasteiger partial charge in [0.1, 0.15) is 6.61 Å². The standard InChI is InChI=1S/C14H26N2O3/c1-2-13(17)9-15-5-7-16(8-6-15)14(18)11-19-10-12-3-4-12/h12-13,17H,2-11H2,1H3/t13-/m1/s1. The highest BCUT2D eigenvalue weighted by atomic mass is 16.5. The molecule has 110 valence electrons. The lowest BCUT2D eigenvalue weighted by Gasteiger charge is -2.35. The SMILES string of the molecule is CC[C@@H](O)CN1CCN(C(=O)COCC2CC2)CC1. The van der Waals surface area contributed by atoms with E-state index in [0.29, 0.717) is 5.92 Å². The fourth-order valence-electron chi connectivity index (χ4n) is 2.30. The fraction of sp³-hybridized carbons (Fsp3) is 0.929. The number of aliphatic hydroxyl groups excluding tert-OH is 1. The molecule has 5 nitrogen and oxygen atoms in total. The predicted molar refractivity (Wildman–Crippen MR) is 72.9 cm³/mol. The van der Waals surface area contributed by atoms with Gasteiger partial charge in [0.15, 0.2) is 0 Å². The van der Waals surface area contributed by atoms with Gasteiger partial charge in [-0.3, -0.25) is 9.69 Å². The highest BCUT2D eigenvalue weighted by Crippen LogP contribution is 2.28. The molecule has 0 bridgehead atoms. The Balaban J connectivity index is 1.59. The molecule has 1 heterocycles. The van der Waals surface area contributed by atoms with Gasteiger partial charge in [0.25, 0.3) is 0 Å². The summed E-state index contributed by atoms with van der Waals surface area (Å²) in [5.41, 5.74) is 0. The molecule has 1 atom stereocenters. The maximum atomic E-state index is 11.9. The third kappa shape index (κ3) is 5.09. The predicted octanol–water partition coefficient (Wildman–Crippen LogP) is 0.328. The molecule has 1 aliphatic carbocycles. The first-order valence-electron chi connectivity index (χ1n) is 7.45. The molecule has 1 aliphatic heterocycles. The Morgan fingerprint density at radius 3 is 2.58 bits per heavy atom. The van der Waals surface area contributed by atoms with Crippen LogP contribution in [0, 0.1) is 5.92 Å². The molecule has 0 spiro atoms. The van der Waals surface area contributed by atoms with E-state index in [1.165, 1.54) is 12.8 Å². The highest BCUT2D eigenvalue weighted by Gasteiger charge is 2.24. The van der Waals surface area contributed by atoms with E-state index in [2.05, 4.69) is 4.90 Å². The monoisotopic (exact) mass is 270 g/mol. The molecule has 1 amide bonds. The fourth-order valence-corrected chi connectivity index (χ4v) is 2.30. The second kappa shape index (κ2) is 7.22. The largest absolute Gasteiger partial charge is 0.392 e. The van der Waals surface area contributed by atoms with Gasteiger partial charge in [-0.05, 0) is 25.2 Å². The van der Waals surface area contributed by atoms with E-state index in [1.807, 2.05) is 11.8 Å². The minimum Gasteiger partial charge on any atom is -0.392 e. The Morgan fingerprint density at radius 2 is 2.00 bits per heavy atom. The van der Waals surface area contributed by atoms with Crippen molar-refractivity contribution in [3.8, 4) is 0 Å². The molecule has 1 saturated heterocycles. The lowest BCUT2D eigenvalue weighted by molar-refractivity contribution is -0.138. The number of hydrogen-bond donors (Lipinski definition) is 1. The highest BCUT2D eigenvalue weighted by molar-refractivity contribution is 5.77. The number of carbonyl (C=O) groups excluding carboxylic acids is 1. The summed E-state index contributed by atoms with van der Waals surface area (Å²) in [5, 5.41) is 9.62. The Kier molecular flexibility index (Phi) is 5.60. The van der Waals surface area contributed by atoms with Crippen molar-refractivity contribution in [1.29, 1.82) is 0 Å². The van der Waals surface area contributed by atoms with E-state index in [0.717, 1.165) is 45.8 Å². The molecular formula is C14H26N2O3. The summed E-state index contributed by atoms with van der Waals surface area (Å²) in [6.45, 7) is 6.89.